The summed E-state index contributed by atoms with van der Waals surface area (Å²) >= 11 is 0. The average Bonchev–Trinajstić information content (AvgIpc) is 2.25. The van der Waals surface area contributed by atoms with Crippen LogP contribution in [-0.2, 0) is 0 Å². The Labute approximate surface area is 98.4 Å². The minimum absolute atomic E-state index is 0.111. The Morgan fingerprint density at radius 3 is 2.71 bits per heavy atom. The monoisotopic (exact) mass is 235 g/mol. The molecule has 0 saturated carbocycles. The zero-order valence-electron chi connectivity index (χ0n) is 9.65. The maximum atomic E-state index is 10.9. The van der Waals surface area contributed by atoms with Crippen LogP contribution in [0.2, 0.25) is 0 Å². The molecule has 17 heavy (non-hydrogen) atoms. The number of aryl methyl sites for hydroxylation is 1. The molecule has 0 aliphatic carbocycles. The van der Waals surface area contributed by atoms with Crippen molar-refractivity contribution in [1.29, 1.82) is 5.26 Å². The van der Waals surface area contributed by atoms with Gasteiger partial charge in [-0.15, -0.1) is 0 Å². The van der Waals surface area contributed by atoms with Gasteiger partial charge in [-0.25, -0.2) is 4.98 Å². The van der Waals surface area contributed by atoms with Crippen LogP contribution in [0, 0.1) is 35.3 Å². The second-order valence-corrected chi connectivity index (χ2v) is 3.48. The smallest absolute Gasteiger partial charge is 0.294 e. The van der Waals surface area contributed by atoms with Crippen molar-refractivity contribution >= 4 is 11.5 Å². The van der Waals surface area contributed by atoms with Crippen LogP contribution in [-0.4, -0.2) is 23.0 Å². The molecule has 0 atom stereocenters. The van der Waals surface area contributed by atoms with E-state index in [9.17, 15) is 10.1 Å². The first-order valence-corrected chi connectivity index (χ1v) is 5.02. The van der Waals surface area contributed by atoms with E-state index in [2.05, 4.69) is 10.3 Å². The van der Waals surface area contributed by atoms with Crippen molar-refractivity contribution in [2.24, 2.45) is 5.73 Å². The van der Waals surface area contributed by atoms with Crippen LogP contribution in [0.5, 0.6) is 0 Å². The topological polar surface area (TPSA) is 118 Å². The van der Waals surface area contributed by atoms with Gasteiger partial charge in [0.15, 0.2) is 0 Å². The zero-order valence-corrected chi connectivity index (χ0v) is 9.65. The number of aromatic nitrogens is 1. The number of rotatable bonds is 4. The summed E-state index contributed by atoms with van der Waals surface area (Å²) < 4.78 is 0. The molecule has 1 aromatic heterocycles. The third kappa shape index (κ3) is 2.49. The Bertz CT molecular complexity index is 492. The minimum atomic E-state index is -0.523. The second-order valence-electron chi connectivity index (χ2n) is 3.48. The number of pyridine rings is 1. The number of nitriles is 1. The SMILES string of the molecule is Cc1nc(NCCN)c(C#N)c(C)c1[N+](=O)[O-]. The quantitative estimate of drug-likeness (QED) is 0.590. The Hall–Kier alpha value is -2.20. The largest absolute Gasteiger partial charge is 0.368 e. The Morgan fingerprint density at radius 1 is 1.59 bits per heavy atom. The minimum Gasteiger partial charge on any atom is -0.368 e. The van der Waals surface area contributed by atoms with Gasteiger partial charge in [-0.05, 0) is 13.8 Å². The Morgan fingerprint density at radius 2 is 2.24 bits per heavy atom. The van der Waals surface area contributed by atoms with E-state index in [1.807, 2.05) is 6.07 Å². The molecule has 0 fully saturated rings. The van der Waals surface area contributed by atoms with E-state index in [4.69, 9.17) is 11.0 Å². The lowest BCUT2D eigenvalue weighted by Crippen LogP contribution is -2.16. The Balaban J connectivity index is 3.37. The first-order chi connectivity index (χ1) is 8.02. The highest BCUT2D eigenvalue weighted by atomic mass is 16.6. The van der Waals surface area contributed by atoms with E-state index in [-0.39, 0.29) is 16.9 Å². The first kappa shape index (κ1) is 12.9. The molecule has 1 heterocycles. The molecule has 0 aliphatic rings. The van der Waals surface area contributed by atoms with Gasteiger partial charge in [-0.3, -0.25) is 10.1 Å². The number of nitrogens with one attached hydrogen (secondary N) is 1. The van der Waals surface area contributed by atoms with Crippen molar-refractivity contribution in [1.82, 2.24) is 4.98 Å². The van der Waals surface area contributed by atoms with Crippen molar-refractivity contribution in [3.63, 3.8) is 0 Å². The summed E-state index contributed by atoms with van der Waals surface area (Å²) in [6.07, 6.45) is 0. The summed E-state index contributed by atoms with van der Waals surface area (Å²) in [5, 5.41) is 22.7. The normalized spacial score (nSPS) is 9.76. The summed E-state index contributed by atoms with van der Waals surface area (Å²) in [5.74, 6) is 0.346. The lowest BCUT2D eigenvalue weighted by Gasteiger charge is -2.10. The van der Waals surface area contributed by atoms with E-state index < -0.39 is 4.92 Å². The molecule has 0 aromatic carbocycles. The molecular weight excluding hydrogens is 222 g/mol. The molecule has 0 unspecified atom stereocenters. The highest BCUT2D eigenvalue weighted by molar-refractivity contribution is 5.63. The predicted molar refractivity (Wildman–Crippen MR) is 62.6 cm³/mol. The van der Waals surface area contributed by atoms with Crippen molar-refractivity contribution in [3.05, 3.63) is 26.9 Å². The van der Waals surface area contributed by atoms with Gasteiger partial charge in [0.1, 0.15) is 23.1 Å². The molecule has 90 valence electrons. The van der Waals surface area contributed by atoms with Gasteiger partial charge in [-0.1, -0.05) is 0 Å². The maximum Gasteiger partial charge on any atom is 0.294 e. The maximum absolute atomic E-state index is 10.9. The van der Waals surface area contributed by atoms with Crippen LogP contribution >= 0.6 is 0 Å². The van der Waals surface area contributed by atoms with Crippen LogP contribution in [0.1, 0.15) is 16.8 Å². The molecule has 0 aliphatic heterocycles. The van der Waals surface area contributed by atoms with Crippen LogP contribution in [0.15, 0.2) is 0 Å². The number of nitro groups is 1. The fraction of sp³-hybridized carbons (Fsp3) is 0.400. The van der Waals surface area contributed by atoms with Gasteiger partial charge in [-0.2, -0.15) is 5.26 Å². The van der Waals surface area contributed by atoms with Gasteiger partial charge in [0.2, 0.25) is 0 Å². The molecule has 3 N–H and O–H groups in total. The summed E-state index contributed by atoms with van der Waals surface area (Å²) in [7, 11) is 0. The van der Waals surface area contributed by atoms with Crippen molar-refractivity contribution in [3.8, 4) is 6.07 Å². The summed E-state index contributed by atoms with van der Waals surface area (Å²) in [6.45, 7) is 3.93. The number of nitrogens with two attached hydrogens (primary N) is 1. The van der Waals surface area contributed by atoms with Gasteiger partial charge in [0.05, 0.1) is 10.5 Å². The van der Waals surface area contributed by atoms with Crippen molar-refractivity contribution in [2.75, 3.05) is 18.4 Å². The molecule has 1 rings (SSSR count). The summed E-state index contributed by atoms with van der Waals surface area (Å²) in [6, 6.07) is 1.92. The van der Waals surface area contributed by atoms with E-state index >= 15 is 0 Å². The van der Waals surface area contributed by atoms with Crippen LogP contribution in [0.4, 0.5) is 11.5 Å². The van der Waals surface area contributed by atoms with E-state index in [1.54, 1.807) is 13.8 Å². The zero-order chi connectivity index (χ0) is 13.0. The molecule has 0 bridgehead atoms. The van der Waals surface area contributed by atoms with Gasteiger partial charge in [0.25, 0.3) is 5.69 Å². The lowest BCUT2D eigenvalue weighted by molar-refractivity contribution is -0.386. The lowest BCUT2D eigenvalue weighted by atomic mass is 10.1. The molecule has 0 amide bonds. The van der Waals surface area contributed by atoms with Crippen LogP contribution in [0.3, 0.4) is 0 Å². The molecule has 0 spiro atoms. The fourth-order valence-corrected chi connectivity index (χ4v) is 1.57. The number of hydrogen-bond acceptors (Lipinski definition) is 6. The summed E-state index contributed by atoms with van der Waals surface area (Å²) in [4.78, 5) is 14.4. The van der Waals surface area contributed by atoms with Crippen molar-refractivity contribution in [2.45, 2.75) is 13.8 Å². The molecular formula is C10H13N5O2. The van der Waals surface area contributed by atoms with E-state index in [0.717, 1.165) is 0 Å². The molecule has 1 aromatic rings. The predicted octanol–water partition coefficient (Wildman–Crippen LogP) is 0.849. The van der Waals surface area contributed by atoms with Gasteiger partial charge >= 0.3 is 0 Å². The fourth-order valence-electron chi connectivity index (χ4n) is 1.57. The van der Waals surface area contributed by atoms with Gasteiger partial charge < -0.3 is 11.1 Å². The molecule has 7 nitrogen and oxygen atoms in total. The molecule has 0 saturated heterocycles. The first-order valence-electron chi connectivity index (χ1n) is 5.02. The standard InChI is InChI=1S/C10H13N5O2/c1-6-8(5-12)10(13-4-3-11)14-7(2)9(6)15(16)17/h3-4,11H2,1-2H3,(H,13,14). The third-order valence-electron chi connectivity index (χ3n) is 2.32. The number of anilines is 1. The summed E-state index contributed by atoms with van der Waals surface area (Å²) in [5.41, 5.74) is 6.03. The third-order valence-corrected chi connectivity index (χ3v) is 2.32. The van der Waals surface area contributed by atoms with Gasteiger partial charge in [0, 0.05) is 13.1 Å². The Kier molecular flexibility index (Phi) is 3.96. The average molecular weight is 235 g/mol. The molecule has 7 heteroatoms. The highest BCUT2D eigenvalue weighted by Crippen LogP contribution is 2.28. The van der Waals surface area contributed by atoms with Crippen molar-refractivity contribution < 1.29 is 4.92 Å². The highest BCUT2D eigenvalue weighted by Gasteiger charge is 2.22. The van der Waals surface area contributed by atoms with Crippen LogP contribution < -0.4 is 11.1 Å². The van der Waals surface area contributed by atoms with Crippen LogP contribution in [0.25, 0.3) is 0 Å². The number of hydrogen-bond donors (Lipinski definition) is 2. The number of nitrogens with zero attached hydrogens (tertiary/aromatic N) is 3. The van der Waals surface area contributed by atoms with E-state index in [0.29, 0.717) is 24.5 Å². The molecule has 0 radical (unpaired) electrons. The second kappa shape index (κ2) is 5.23. The van der Waals surface area contributed by atoms with E-state index in [1.165, 1.54) is 0 Å².